The van der Waals surface area contributed by atoms with Crippen LogP contribution in [0.25, 0.3) is 0 Å². The molecule has 0 aromatic heterocycles. The van der Waals surface area contributed by atoms with E-state index in [1.54, 1.807) is 0 Å². The maximum Gasteiger partial charge on any atom is 0.0629 e. The van der Waals surface area contributed by atoms with Gasteiger partial charge in [-0.2, -0.15) is 0 Å². The summed E-state index contributed by atoms with van der Waals surface area (Å²) in [5, 5.41) is 13.0. The van der Waals surface area contributed by atoms with E-state index in [0.29, 0.717) is 5.69 Å². The van der Waals surface area contributed by atoms with Crippen LogP contribution in [0.15, 0.2) is 21.1 Å². The Hall–Kier alpha value is 0.150. The van der Waals surface area contributed by atoms with Crippen LogP contribution < -0.4 is 11.1 Å². The summed E-state index contributed by atoms with van der Waals surface area (Å²) in [5.41, 5.74) is 7.79. The zero-order chi connectivity index (χ0) is 13.1. The van der Waals surface area contributed by atoms with E-state index in [0.717, 1.165) is 40.7 Å². The van der Waals surface area contributed by atoms with Gasteiger partial charge in [-0.3, -0.25) is 4.90 Å². The van der Waals surface area contributed by atoms with Gasteiger partial charge in [0, 0.05) is 35.1 Å². The summed E-state index contributed by atoms with van der Waals surface area (Å²) in [6, 6.07) is 3.87. The van der Waals surface area contributed by atoms with Crippen LogP contribution in [0.1, 0.15) is 11.6 Å². The molecule has 4 nitrogen and oxygen atoms in total. The Bertz CT molecular complexity index is 428. The van der Waals surface area contributed by atoms with Crippen molar-refractivity contribution < 1.29 is 5.11 Å². The normalized spacial score (nSPS) is 17.8. The van der Waals surface area contributed by atoms with Crippen LogP contribution in [0.3, 0.4) is 0 Å². The van der Waals surface area contributed by atoms with E-state index in [4.69, 9.17) is 5.73 Å². The summed E-state index contributed by atoms with van der Waals surface area (Å²) in [6.45, 7) is 3.83. The number of nitrogens with one attached hydrogen (secondary N) is 1. The van der Waals surface area contributed by atoms with Crippen LogP contribution in [0, 0.1) is 0 Å². The molecular formula is C12H18Br2ClN3O. The molecule has 0 spiro atoms. The van der Waals surface area contributed by atoms with Gasteiger partial charge in [-0.05, 0) is 33.6 Å². The zero-order valence-corrected chi connectivity index (χ0v) is 14.4. The molecule has 0 bridgehead atoms. The summed E-state index contributed by atoms with van der Waals surface area (Å²) in [5.74, 6) is 0. The SMILES string of the molecule is Cl.Nc1c(Br)cc(Br)cc1[C@@H](CO)N1CCNCC1. The van der Waals surface area contributed by atoms with Gasteiger partial charge in [0.05, 0.1) is 18.3 Å². The molecule has 0 unspecified atom stereocenters. The average Bonchev–Trinajstić information content (AvgIpc) is 2.37. The van der Waals surface area contributed by atoms with Gasteiger partial charge in [-0.15, -0.1) is 12.4 Å². The van der Waals surface area contributed by atoms with E-state index in [-0.39, 0.29) is 25.1 Å². The second kappa shape index (κ2) is 7.81. The van der Waals surface area contributed by atoms with Crippen molar-refractivity contribution in [2.24, 2.45) is 0 Å². The Kier molecular flexibility index (Phi) is 7.07. The second-order valence-corrected chi connectivity index (χ2v) is 6.14. The second-order valence-electron chi connectivity index (χ2n) is 4.37. The van der Waals surface area contributed by atoms with E-state index >= 15 is 0 Å². The first-order chi connectivity index (χ1) is 8.63. The standard InChI is InChI=1S/C12H17Br2N3O.ClH/c13-8-5-9(12(15)10(14)6-8)11(7-18)17-3-1-16-2-4-17;/h5-6,11,16,18H,1-4,7,15H2;1H/t11-;/m1./s1. The van der Waals surface area contributed by atoms with E-state index in [2.05, 4.69) is 42.1 Å². The molecular weight excluding hydrogens is 397 g/mol. The summed E-state index contributed by atoms with van der Waals surface area (Å²) in [6.07, 6.45) is 0. The number of aliphatic hydroxyl groups is 1. The minimum atomic E-state index is -0.0408. The summed E-state index contributed by atoms with van der Waals surface area (Å²) < 4.78 is 1.83. The third-order valence-electron chi connectivity index (χ3n) is 3.25. The Morgan fingerprint density at radius 1 is 1.32 bits per heavy atom. The Morgan fingerprint density at radius 3 is 2.53 bits per heavy atom. The molecule has 1 atom stereocenters. The third kappa shape index (κ3) is 4.06. The number of benzene rings is 1. The van der Waals surface area contributed by atoms with Crippen molar-refractivity contribution in [3.8, 4) is 0 Å². The number of nitrogen functional groups attached to an aromatic ring is 1. The van der Waals surface area contributed by atoms with Gasteiger partial charge in [0.1, 0.15) is 0 Å². The molecule has 0 saturated carbocycles. The number of nitrogens with two attached hydrogens (primary N) is 1. The number of anilines is 1. The third-order valence-corrected chi connectivity index (χ3v) is 4.36. The molecule has 1 aliphatic heterocycles. The van der Waals surface area contributed by atoms with Crippen LogP contribution in [-0.2, 0) is 0 Å². The molecule has 1 aliphatic rings. The number of halogens is 3. The molecule has 1 saturated heterocycles. The molecule has 2 rings (SSSR count). The lowest BCUT2D eigenvalue weighted by Gasteiger charge is -2.34. The molecule has 1 aromatic rings. The first-order valence-electron chi connectivity index (χ1n) is 5.93. The van der Waals surface area contributed by atoms with Crippen molar-refractivity contribution in [1.82, 2.24) is 10.2 Å². The zero-order valence-electron chi connectivity index (χ0n) is 10.4. The number of hydrogen-bond acceptors (Lipinski definition) is 4. The van der Waals surface area contributed by atoms with Crippen LogP contribution in [0.2, 0.25) is 0 Å². The smallest absolute Gasteiger partial charge is 0.0629 e. The molecule has 1 fully saturated rings. The first-order valence-corrected chi connectivity index (χ1v) is 7.52. The number of aliphatic hydroxyl groups excluding tert-OH is 1. The number of piperazine rings is 1. The number of hydrogen-bond donors (Lipinski definition) is 3. The predicted molar refractivity (Wildman–Crippen MR) is 87.8 cm³/mol. The van der Waals surface area contributed by atoms with E-state index in [1.807, 2.05) is 12.1 Å². The highest BCUT2D eigenvalue weighted by Crippen LogP contribution is 2.34. The summed E-state index contributed by atoms with van der Waals surface area (Å²) in [7, 11) is 0. The highest BCUT2D eigenvalue weighted by atomic mass is 79.9. The Labute approximate surface area is 136 Å². The molecule has 0 aliphatic carbocycles. The Balaban J connectivity index is 0.00000180. The Morgan fingerprint density at radius 2 is 1.95 bits per heavy atom. The van der Waals surface area contributed by atoms with Gasteiger partial charge in [-0.25, -0.2) is 0 Å². The quantitative estimate of drug-likeness (QED) is 0.662. The van der Waals surface area contributed by atoms with Gasteiger partial charge >= 0.3 is 0 Å². The van der Waals surface area contributed by atoms with Crippen LogP contribution in [0.4, 0.5) is 5.69 Å². The van der Waals surface area contributed by atoms with E-state index < -0.39 is 0 Å². The lowest BCUT2D eigenvalue weighted by Crippen LogP contribution is -2.46. The number of nitrogens with zero attached hydrogens (tertiary/aromatic N) is 1. The van der Waals surface area contributed by atoms with Gasteiger partial charge in [-0.1, -0.05) is 15.9 Å². The van der Waals surface area contributed by atoms with Crippen LogP contribution in [0.5, 0.6) is 0 Å². The topological polar surface area (TPSA) is 61.5 Å². The van der Waals surface area contributed by atoms with E-state index in [9.17, 15) is 5.11 Å². The van der Waals surface area contributed by atoms with Crippen molar-refractivity contribution in [2.45, 2.75) is 6.04 Å². The van der Waals surface area contributed by atoms with Gasteiger partial charge in [0.2, 0.25) is 0 Å². The maximum absolute atomic E-state index is 9.69. The highest BCUT2D eigenvalue weighted by molar-refractivity contribution is 9.11. The van der Waals surface area contributed by atoms with Crippen molar-refractivity contribution >= 4 is 50.0 Å². The van der Waals surface area contributed by atoms with Crippen molar-refractivity contribution in [3.63, 3.8) is 0 Å². The molecule has 1 aromatic carbocycles. The largest absolute Gasteiger partial charge is 0.398 e. The number of rotatable bonds is 3. The first kappa shape index (κ1) is 17.2. The fourth-order valence-corrected chi connectivity index (χ4v) is 3.54. The van der Waals surface area contributed by atoms with Crippen molar-refractivity contribution in [2.75, 3.05) is 38.5 Å². The minimum Gasteiger partial charge on any atom is -0.398 e. The molecule has 0 radical (unpaired) electrons. The summed E-state index contributed by atoms with van der Waals surface area (Å²) >= 11 is 6.92. The molecule has 7 heteroatoms. The van der Waals surface area contributed by atoms with Crippen molar-refractivity contribution in [1.29, 1.82) is 0 Å². The lowest BCUT2D eigenvalue weighted by molar-refractivity contribution is 0.111. The predicted octanol–water partition coefficient (Wildman–Crippen LogP) is 2.15. The summed E-state index contributed by atoms with van der Waals surface area (Å²) in [4.78, 5) is 2.26. The lowest BCUT2D eigenvalue weighted by atomic mass is 10.0. The molecule has 108 valence electrons. The maximum atomic E-state index is 9.69. The van der Waals surface area contributed by atoms with Gasteiger partial charge < -0.3 is 16.2 Å². The van der Waals surface area contributed by atoms with Crippen LogP contribution >= 0.6 is 44.3 Å². The minimum absolute atomic E-state index is 0. The molecule has 19 heavy (non-hydrogen) atoms. The fraction of sp³-hybridized carbons (Fsp3) is 0.500. The highest BCUT2D eigenvalue weighted by Gasteiger charge is 2.24. The van der Waals surface area contributed by atoms with Gasteiger partial charge in [0.15, 0.2) is 0 Å². The molecule has 1 heterocycles. The fourth-order valence-electron chi connectivity index (χ4n) is 2.28. The monoisotopic (exact) mass is 413 g/mol. The average molecular weight is 416 g/mol. The molecule has 0 amide bonds. The van der Waals surface area contributed by atoms with E-state index in [1.165, 1.54) is 0 Å². The van der Waals surface area contributed by atoms with Crippen molar-refractivity contribution in [3.05, 3.63) is 26.6 Å². The molecule has 4 N–H and O–H groups in total. The van der Waals surface area contributed by atoms with Crippen LogP contribution in [-0.4, -0.2) is 42.8 Å². The van der Waals surface area contributed by atoms with Gasteiger partial charge in [0.25, 0.3) is 0 Å².